The Morgan fingerprint density at radius 3 is 2.56 bits per heavy atom. The number of amides is 2. The van der Waals surface area contributed by atoms with Gasteiger partial charge in [-0.25, -0.2) is 0 Å². The molecule has 0 spiro atoms. The van der Waals surface area contributed by atoms with Gasteiger partial charge in [-0.15, -0.1) is 0 Å². The minimum Gasteiger partial charge on any atom is -0.454 e. The minimum absolute atomic E-state index is 0.0672. The van der Waals surface area contributed by atoms with Gasteiger partial charge in [0.25, 0.3) is 11.8 Å². The second kappa shape index (κ2) is 9.34. The van der Waals surface area contributed by atoms with E-state index in [2.05, 4.69) is 15.6 Å². The van der Waals surface area contributed by atoms with Gasteiger partial charge in [-0.2, -0.15) is 0 Å². The number of esters is 1. The third-order valence-corrected chi connectivity index (χ3v) is 3.94. The predicted octanol–water partition coefficient (Wildman–Crippen LogP) is 2.92. The Labute approximate surface area is 166 Å². The zero-order valence-electron chi connectivity index (χ0n) is 14.6. The van der Waals surface area contributed by atoms with E-state index in [1.807, 2.05) is 13.0 Å². The van der Waals surface area contributed by atoms with Crippen molar-refractivity contribution in [2.45, 2.75) is 13.8 Å². The molecule has 2 N–H and O–H groups in total. The van der Waals surface area contributed by atoms with Crippen LogP contribution in [0, 0.1) is 13.8 Å². The first-order valence-corrected chi connectivity index (χ1v) is 8.64. The van der Waals surface area contributed by atoms with Gasteiger partial charge in [0.15, 0.2) is 6.61 Å². The van der Waals surface area contributed by atoms with E-state index in [0.29, 0.717) is 15.7 Å². The molecule has 2 amide bonds. The standard InChI is InChI=1S/C18H17Cl2N3O4/c1-10-5-11(2)17(13(20)6-10)23-15(24)9-27-16(25)8-22-18(26)14-7-12(19)3-4-21-14/h3-7H,8-9H2,1-2H3,(H,22,26)(H,23,24). The number of nitrogens with zero attached hydrogens (tertiary/aromatic N) is 1. The summed E-state index contributed by atoms with van der Waals surface area (Å²) >= 11 is 11.9. The first-order chi connectivity index (χ1) is 12.8. The Balaban J connectivity index is 1.80. The van der Waals surface area contributed by atoms with Crippen molar-refractivity contribution in [2.24, 2.45) is 0 Å². The fourth-order valence-electron chi connectivity index (χ4n) is 2.22. The largest absolute Gasteiger partial charge is 0.454 e. The van der Waals surface area contributed by atoms with Crippen molar-refractivity contribution in [1.29, 1.82) is 0 Å². The lowest BCUT2D eigenvalue weighted by molar-refractivity contribution is -0.146. The lowest BCUT2D eigenvalue weighted by Gasteiger charge is -2.12. The summed E-state index contributed by atoms with van der Waals surface area (Å²) in [6.07, 6.45) is 1.37. The number of benzene rings is 1. The van der Waals surface area contributed by atoms with Crippen molar-refractivity contribution in [3.8, 4) is 0 Å². The highest BCUT2D eigenvalue weighted by molar-refractivity contribution is 6.34. The average molecular weight is 410 g/mol. The van der Waals surface area contributed by atoms with Crippen LogP contribution in [0.1, 0.15) is 21.6 Å². The average Bonchev–Trinajstić information content (AvgIpc) is 2.60. The summed E-state index contributed by atoms with van der Waals surface area (Å²) in [6.45, 7) is 2.78. The Morgan fingerprint density at radius 2 is 1.89 bits per heavy atom. The number of anilines is 1. The van der Waals surface area contributed by atoms with E-state index in [4.69, 9.17) is 27.9 Å². The number of carbonyl (C=O) groups excluding carboxylic acids is 3. The number of aromatic nitrogens is 1. The van der Waals surface area contributed by atoms with E-state index < -0.39 is 30.9 Å². The first-order valence-electron chi connectivity index (χ1n) is 7.88. The molecule has 7 nitrogen and oxygen atoms in total. The van der Waals surface area contributed by atoms with Crippen LogP contribution >= 0.6 is 23.2 Å². The highest BCUT2D eigenvalue weighted by atomic mass is 35.5. The summed E-state index contributed by atoms with van der Waals surface area (Å²) in [4.78, 5) is 39.3. The smallest absolute Gasteiger partial charge is 0.325 e. The Hall–Kier alpha value is -2.64. The molecule has 0 radical (unpaired) electrons. The maximum Gasteiger partial charge on any atom is 0.325 e. The molecule has 2 rings (SSSR count). The molecular formula is C18H17Cl2N3O4. The number of carbonyl (C=O) groups is 3. The summed E-state index contributed by atoms with van der Waals surface area (Å²) in [7, 11) is 0. The van der Waals surface area contributed by atoms with E-state index in [1.54, 1.807) is 13.0 Å². The number of ether oxygens (including phenoxy) is 1. The van der Waals surface area contributed by atoms with Crippen LogP contribution in [0.25, 0.3) is 0 Å². The second-order valence-corrected chi connectivity index (χ2v) is 6.53. The van der Waals surface area contributed by atoms with Crippen LogP contribution in [0.15, 0.2) is 30.5 Å². The van der Waals surface area contributed by atoms with Crippen LogP contribution in [-0.4, -0.2) is 35.9 Å². The van der Waals surface area contributed by atoms with Gasteiger partial charge in [-0.05, 0) is 43.2 Å². The maximum absolute atomic E-state index is 11.9. The minimum atomic E-state index is -0.771. The number of pyridine rings is 1. The third kappa shape index (κ3) is 6.23. The molecule has 0 atom stereocenters. The zero-order chi connectivity index (χ0) is 20.0. The topological polar surface area (TPSA) is 97.4 Å². The molecule has 0 saturated heterocycles. The maximum atomic E-state index is 11.9. The van der Waals surface area contributed by atoms with Gasteiger partial charge < -0.3 is 15.4 Å². The van der Waals surface area contributed by atoms with Gasteiger partial charge in [0.2, 0.25) is 0 Å². The number of halogens is 2. The number of nitrogens with one attached hydrogen (secondary N) is 2. The van der Waals surface area contributed by atoms with Crippen molar-refractivity contribution in [3.05, 3.63) is 57.3 Å². The first kappa shape index (κ1) is 20.7. The fourth-order valence-corrected chi connectivity index (χ4v) is 2.75. The molecular weight excluding hydrogens is 393 g/mol. The van der Waals surface area contributed by atoms with Gasteiger partial charge in [-0.3, -0.25) is 19.4 Å². The van der Waals surface area contributed by atoms with Crippen molar-refractivity contribution in [3.63, 3.8) is 0 Å². The lowest BCUT2D eigenvalue weighted by Crippen LogP contribution is -2.32. The molecule has 0 aliphatic heterocycles. The van der Waals surface area contributed by atoms with E-state index in [-0.39, 0.29) is 5.69 Å². The van der Waals surface area contributed by atoms with Crippen molar-refractivity contribution in [2.75, 3.05) is 18.5 Å². The molecule has 9 heteroatoms. The van der Waals surface area contributed by atoms with Crippen molar-refractivity contribution in [1.82, 2.24) is 10.3 Å². The summed E-state index contributed by atoms with van der Waals surface area (Å²) in [5.41, 5.74) is 2.29. The molecule has 0 aliphatic rings. The fraction of sp³-hybridized carbons (Fsp3) is 0.222. The molecule has 1 aromatic carbocycles. The van der Waals surface area contributed by atoms with Gasteiger partial charge in [-0.1, -0.05) is 29.3 Å². The van der Waals surface area contributed by atoms with Crippen LogP contribution in [0.2, 0.25) is 10.0 Å². The van der Waals surface area contributed by atoms with Gasteiger partial charge >= 0.3 is 5.97 Å². The normalized spacial score (nSPS) is 10.2. The van der Waals surface area contributed by atoms with E-state index in [9.17, 15) is 14.4 Å². The van der Waals surface area contributed by atoms with Gasteiger partial charge in [0, 0.05) is 11.2 Å². The lowest BCUT2D eigenvalue weighted by atomic mass is 10.1. The molecule has 0 unspecified atom stereocenters. The third-order valence-electron chi connectivity index (χ3n) is 3.41. The number of hydrogen-bond acceptors (Lipinski definition) is 5. The highest BCUT2D eigenvalue weighted by Gasteiger charge is 2.14. The van der Waals surface area contributed by atoms with Crippen LogP contribution in [0.3, 0.4) is 0 Å². The second-order valence-electron chi connectivity index (χ2n) is 5.69. The summed E-state index contributed by atoms with van der Waals surface area (Å²) in [5.74, 6) is -1.90. The number of hydrogen-bond donors (Lipinski definition) is 2. The summed E-state index contributed by atoms with van der Waals surface area (Å²) in [6, 6.07) is 6.47. The molecule has 142 valence electrons. The molecule has 1 heterocycles. The summed E-state index contributed by atoms with van der Waals surface area (Å²) < 4.78 is 4.83. The van der Waals surface area contributed by atoms with Crippen LogP contribution in [-0.2, 0) is 14.3 Å². The predicted molar refractivity (Wildman–Crippen MR) is 102 cm³/mol. The van der Waals surface area contributed by atoms with E-state index in [0.717, 1.165) is 11.1 Å². The Morgan fingerprint density at radius 1 is 1.15 bits per heavy atom. The molecule has 0 bridgehead atoms. The van der Waals surface area contributed by atoms with Crippen LogP contribution in [0.5, 0.6) is 0 Å². The highest BCUT2D eigenvalue weighted by Crippen LogP contribution is 2.27. The Bertz CT molecular complexity index is 864. The Kier molecular flexibility index (Phi) is 7.15. The molecule has 0 aliphatic carbocycles. The number of rotatable bonds is 6. The van der Waals surface area contributed by atoms with Gasteiger partial charge in [0.1, 0.15) is 12.2 Å². The summed E-state index contributed by atoms with van der Waals surface area (Å²) in [5, 5.41) is 5.68. The SMILES string of the molecule is Cc1cc(C)c(NC(=O)COC(=O)CNC(=O)c2cc(Cl)ccn2)c(Cl)c1. The number of aryl methyl sites for hydroxylation is 2. The van der Waals surface area contributed by atoms with E-state index >= 15 is 0 Å². The van der Waals surface area contributed by atoms with Crippen molar-refractivity contribution < 1.29 is 19.1 Å². The molecule has 0 saturated carbocycles. The zero-order valence-corrected chi connectivity index (χ0v) is 16.1. The van der Waals surface area contributed by atoms with Crippen LogP contribution < -0.4 is 10.6 Å². The van der Waals surface area contributed by atoms with E-state index in [1.165, 1.54) is 18.3 Å². The monoisotopic (exact) mass is 409 g/mol. The molecule has 27 heavy (non-hydrogen) atoms. The molecule has 1 aromatic heterocycles. The quantitative estimate of drug-likeness (QED) is 0.714. The van der Waals surface area contributed by atoms with Crippen molar-refractivity contribution >= 4 is 46.7 Å². The van der Waals surface area contributed by atoms with Gasteiger partial charge in [0.05, 0.1) is 10.7 Å². The molecule has 0 fully saturated rings. The molecule has 2 aromatic rings. The van der Waals surface area contributed by atoms with Crippen LogP contribution in [0.4, 0.5) is 5.69 Å².